The van der Waals surface area contributed by atoms with Crippen LogP contribution >= 0.6 is 15.9 Å². The molecule has 0 N–H and O–H groups in total. The fourth-order valence-electron chi connectivity index (χ4n) is 2.20. The van der Waals surface area contributed by atoms with E-state index in [2.05, 4.69) is 15.9 Å². The zero-order valence-corrected chi connectivity index (χ0v) is 13.6. The predicted molar refractivity (Wildman–Crippen MR) is 77.5 cm³/mol. The van der Waals surface area contributed by atoms with Crippen LogP contribution in [0.3, 0.4) is 0 Å². The average molecular weight is 366 g/mol. The van der Waals surface area contributed by atoms with E-state index in [9.17, 15) is 12.8 Å². The number of hydrogen-bond acceptors (Lipinski definition) is 3. The molecule has 0 radical (unpaired) electrons. The van der Waals surface area contributed by atoms with Gasteiger partial charge in [-0.15, -0.1) is 0 Å². The van der Waals surface area contributed by atoms with Crippen LogP contribution in [0.2, 0.25) is 0 Å². The van der Waals surface area contributed by atoms with E-state index in [-0.39, 0.29) is 15.3 Å². The van der Waals surface area contributed by atoms with Crippen molar-refractivity contribution >= 4 is 26.0 Å². The highest BCUT2D eigenvalue weighted by Crippen LogP contribution is 2.24. The summed E-state index contributed by atoms with van der Waals surface area (Å²) in [6.07, 6.45) is 0.862. The minimum Gasteiger partial charge on any atom is -0.381 e. The maximum Gasteiger partial charge on any atom is 0.243 e. The van der Waals surface area contributed by atoms with Crippen molar-refractivity contribution in [3.05, 3.63) is 28.5 Å². The first-order valence-corrected chi connectivity index (χ1v) is 8.71. The normalized spacial score (nSPS) is 19.7. The Hall–Kier alpha value is -0.500. The van der Waals surface area contributed by atoms with Crippen LogP contribution < -0.4 is 0 Å². The molecule has 1 atom stereocenters. The Balaban J connectivity index is 2.23. The van der Waals surface area contributed by atoms with Gasteiger partial charge in [-0.2, -0.15) is 4.31 Å². The van der Waals surface area contributed by atoms with Gasteiger partial charge in [0, 0.05) is 19.7 Å². The van der Waals surface area contributed by atoms with Crippen molar-refractivity contribution < 1.29 is 17.5 Å². The van der Waals surface area contributed by atoms with Crippen LogP contribution in [0.25, 0.3) is 0 Å². The Morgan fingerprint density at radius 3 is 2.80 bits per heavy atom. The van der Waals surface area contributed by atoms with Crippen molar-refractivity contribution in [1.29, 1.82) is 0 Å². The maximum atomic E-state index is 13.5. The molecule has 20 heavy (non-hydrogen) atoms. The molecule has 0 saturated carbocycles. The lowest BCUT2D eigenvalue weighted by molar-refractivity contribution is 0.181. The molecule has 0 bridgehead atoms. The molecule has 0 amide bonds. The molecule has 1 heterocycles. The number of nitrogens with zero attached hydrogens (tertiary/aromatic N) is 1. The smallest absolute Gasteiger partial charge is 0.243 e. The standard InChI is InChI=1S/C13H17BrFNO3S/c1-2-16(8-10-5-6-19-9-10)20(17,18)11-3-4-12(14)13(15)7-11/h3-4,7,10H,2,5-6,8-9H2,1H3. The molecule has 1 fully saturated rings. The van der Waals surface area contributed by atoms with Gasteiger partial charge in [0.05, 0.1) is 16.0 Å². The Kier molecular flexibility index (Phi) is 5.17. The molecule has 7 heteroatoms. The number of rotatable bonds is 5. The minimum absolute atomic E-state index is 0.0148. The molecule has 0 aliphatic carbocycles. The number of halogens is 2. The van der Waals surface area contributed by atoms with Gasteiger partial charge in [-0.25, -0.2) is 12.8 Å². The lowest BCUT2D eigenvalue weighted by Gasteiger charge is -2.23. The molecule has 1 aliphatic heterocycles. The molecule has 112 valence electrons. The van der Waals surface area contributed by atoms with E-state index < -0.39 is 15.8 Å². The van der Waals surface area contributed by atoms with Crippen LogP contribution in [0, 0.1) is 11.7 Å². The van der Waals surface area contributed by atoms with Crippen LogP contribution in [0.1, 0.15) is 13.3 Å². The lowest BCUT2D eigenvalue weighted by atomic mass is 10.1. The third-order valence-corrected chi connectivity index (χ3v) is 5.95. The van der Waals surface area contributed by atoms with E-state index in [0.717, 1.165) is 12.5 Å². The number of benzene rings is 1. The van der Waals surface area contributed by atoms with Crippen molar-refractivity contribution in [2.75, 3.05) is 26.3 Å². The summed E-state index contributed by atoms with van der Waals surface area (Å²) in [5, 5.41) is 0. The van der Waals surface area contributed by atoms with E-state index in [0.29, 0.717) is 26.3 Å². The summed E-state index contributed by atoms with van der Waals surface area (Å²) < 4.78 is 45.5. The molecule has 1 aromatic carbocycles. The van der Waals surface area contributed by atoms with Crippen molar-refractivity contribution in [3.8, 4) is 0 Å². The lowest BCUT2D eigenvalue weighted by Crippen LogP contribution is -2.35. The second-order valence-electron chi connectivity index (χ2n) is 4.76. The van der Waals surface area contributed by atoms with Crippen molar-refractivity contribution in [1.82, 2.24) is 4.31 Å². The summed E-state index contributed by atoms with van der Waals surface area (Å²) in [5.74, 6) is -0.364. The Morgan fingerprint density at radius 2 is 2.25 bits per heavy atom. The first-order chi connectivity index (χ1) is 9.45. The Morgan fingerprint density at radius 1 is 1.50 bits per heavy atom. The van der Waals surface area contributed by atoms with Gasteiger partial charge in [-0.3, -0.25) is 0 Å². The van der Waals surface area contributed by atoms with E-state index in [4.69, 9.17) is 4.74 Å². The summed E-state index contributed by atoms with van der Waals surface area (Å²) in [5.41, 5.74) is 0. The third-order valence-electron chi connectivity index (χ3n) is 3.37. The summed E-state index contributed by atoms with van der Waals surface area (Å²) in [6.45, 7) is 3.81. The molecule has 4 nitrogen and oxygen atoms in total. The van der Waals surface area contributed by atoms with E-state index >= 15 is 0 Å². The van der Waals surface area contributed by atoms with Gasteiger partial charge < -0.3 is 4.74 Å². The first-order valence-electron chi connectivity index (χ1n) is 6.48. The highest BCUT2D eigenvalue weighted by Gasteiger charge is 2.28. The van der Waals surface area contributed by atoms with Crippen LogP contribution in [0.5, 0.6) is 0 Å². The molecular formula is C13H17BrFNO3S. The number of hydrogen-bond donors (Lipinski definition) is 0. The van der Waals surface area contributed by atoms with E-state index in [1.165, 1.54) is 16.4 Å². The zero-order chi connectivity index (χ0) is 14.8. The molecule has 1 aromatic rings. The first kappa shape index (κ1) is 15.9. The largest absolute Gasteiger partial charge is 0.381 e. The van der Waals surface area contributed by atoms with Crippen molar-refractivity contribution in [2.45, 2.75) is 18.2 Å². The quantitative estimate of drug-likeness (QED) is 0.805. The van der Waals surface area contributed by atoms with Crippen molar-refractivity contribution in [3.63, 3.8) is 0 Å². The van der Waals surface area contributed by atoms with Gasteiger partial charge in [0.15, 0.2) is 0 Å². The Bertz CT molecular complexity index is 573. The van der Waals surface area contributed by atoms with Gasteiger partial charge in [-0.1, -0.05) is 6.92 Å². The van der Waals surface area contributed by atoms with Gasteiger partial charge in [0.1, 0.15) is 5.82 Å². The van der Waals surface area contributed by atoms with Gasteiger partial charge in [0.2, 0.25) is 10.0 Å². The summed E-state index contributed by atoms with van der Waals surface area (Å²) in [6, 6.07) is 3.87. The fraction of sp³-hybridized carbons (Fsp3) is 0.538. The van der Waals surface area contributed by atoms with E-state index in [1.54, 1.807) is 6.92 Å². The molecule has 1 aliphatic rings. The molecule has 1 unspecified atom stereocenters. The highest BCUT2D eigenvalue weighted by molar-refractivity contribution is 9.10. The van der Waals surface area contributed by atoms with Gasteiger partial charge >= 0.3 is 0 Å². The van der Waals surface area contributed by atoms with Crippen LogP contribution in [-0.4, -0.2) is 39.0 Å². The maximum absolute atomic E-state index is 13.5. The SMILES string of the molecule is CCN(CC1CCOC1)S(=O)(=O)c1ccc(Br)c(F)c1. The minimum atomic E-state index is -3.66. The average Bonchev–Trinajstić information content (AvgIpc) is 2.91. The predicted octanol–water partition coefficient (Wildman–Crippen LogP) is 2.64. The summed E-state index contributed by atoms with van der Waals surface area (Å²) in [7, 11) is -3.66. The summed E-state index contributed by atoms with van der Waals surface area (Å²) >= 11 is 3.02. The Labute approximate surface area is 127 Å². The molecule has 0 aromatic heterocycles. The van der Waals surface area contributed by atoms with Crippen LogP contribution in [0.15, 0.2) is 27.6 Å². The second-order valence-corrected chi connectivity index (χ2v) is 7.55. The molecule has 2 rings (SSSR count). The highest BCUT2D eigenvalue weighted by atomic mass is 79.9. The molecule has 0 spiro atoms. The fourth-order valence-corrected chi connectivity index (χ4v) is 3.98. The number of sulfonamides is 1. The molecule has 1 saturated heterocycles. The molecular weight excluding hydrogens is 349 g/mol. The van der Waals surface area contributed by atoms with Crippen LogP contribution in [-0.2, 0) is 14.8 Å². The zero-order valence-electron chi connectivity index (χ0n) is 11.2. The van der Waals surface area contributed by atoms with Gasteiger partial charge in [0.25, 0.3) is 0 Å². The van der Waals surface area contributed by atoms with E-state index in [1.807, 2.05) is 0 Å². The topological polar surface area (TPSA) is 46.6 Å². The van der Waals surface area contributed by atoms with Crippen molar-refractivity contribution in [2.24, 2.45) is 5.92 Å². The summed E-state index contributed by atoms with van der Waals surface area (Å²) in [4.78, 5) is -0.0148. The monoisotopic (exact) mass is 365 g/mol. The number of ether oxygens (including phenoxy) is 1. The van der Waals surface area contributed by atoms with Crippen LogP contribution in [0.4, 0.5) is 4.39 Å². The third kappa shape index (κ3) is 3.39. The second kappa shape index (κ2) is 6.51. The van der Waals surface area contributed by atoms with Gasteiger partial charge in [-0.05, 0) is 46.5 Å².